The van der Waals surface area contributed by atoms with Gasteiger partial charge in [-0.2, -0.15) is 13.2 Å². The number of nitrogens with one attached hydrogen (secondary N) is 1. The van der Waals surface area contributed by atoms with Crippen molar-refractivity contribution < 1.29 is 18.0 Å². The van der Waals surface area contributed by atoms with Crippen molar-refractivity contribution in [1.82, 2.24) is 5.32 Å². The quantitative estimate of drug-likeness (QED) is 0.806. The number of hydrogen-bond donors (Lipinski definition) is 1. The highest BCUT2D eigenvalue weighted by Crippen LogP contribution is 2.12. The second kappa shape index (κ2) is 5.12. The van der Waals surface area contributed by atoms with Crippen LogP contribution in [0.1, 0.15) is 15.9 Å². The molecule has 0 unspecified atom stereocenters. The van der Waals surface area contributed by atoms with E-state index in [4.69, 9.17) is 0 Å². The van der Waals surface area contributed by atoms with Crippen molar-refractivity contribution in [2.24, 2.45) is 0 Å². The minimum absolute atomic E-state index is 0.303. The number of hydrogen-bond acceptors (Lipinski definition) is 2. The van der Waals surface area contributed by atoms with E-state index in [1.54, 1.807) is 24.3 Å². The van der Waals surface area contributed by atoms with Crippen LogP contribution in [-0.2, 0) is 0 Å². The molecule has 0 aliphatic carbocycles. The molecule has 0 fully saturated rings. The van der Waals surface area contributed by atoms with Gasteiger partial charge in [-0.1, -0.05) is 29.8 Å². The Morgan fingerprint density at radius 3 is 2.31 bits per heavy atom. The molecule has 0 spiro atoms. The zero-order valence-electron chi connectivity index (χ0n) is 8.77. The molecule has 0 saturated heterocycles. The number of ketones is 1. The van der Waals surface area contributed by atoms with Gasteiger partial charge >= 0.3 is 6.18 Å². The summed E-state index contributed by atoms with van der Waals surface area (Å²) in [7, 11) is 0. The van der Waals surface area contributed by atoms with Gasteiger partial charge in [0.1, 0.15) is 0 Å². The summed E-state index contributed by atoms with van der Waals surface area (Å²) < 4.78 is 35.4. The van der Waals surface area contributed by atoms with E-state index in [9.17, 15) is 18.0 Å². The molecule has 0 aliphatic rings. The summed E-state index contributed by atoms with van der Waals surface area (Å²) in [6.45, 7) is 0.420. The maximum atomic E-state index is 11.8. The average molecular weight is 231 g/mol. The van der Waals surface area contributed by atoms with E-state index >= 15 is 0 Å². The first-order valence-electron chi connectivity index (χ1n) is 4.76. The van der Waals surface area contributed by atoms with Crippen LogP contribution in [0.4, 0.5) is 13.2 Å². The lowest BCUT2D eigenvalue weighted by Crippen LogP contribution is -2.32. The van der Waals surface area contributed by atoms with E-state index in [0.717, 1.165) is 5.56 Å². The summed E-state index contributed by atoms with van der Waals surface area (Å²) in [5.41, 5.74) is 1.42. The third-order valence-corrected chi connectivity index (χ3v) is 1.98. The van der Waals surface area contributed by atoms with E-state index in [1.807, 2.05) is 6.92 Å². The summed E-state index contributed by atoms with van der Waals surface area (Å²) >= 11 is 0. The zero-order valence-corrected chi connectivity index (χ0v) is 8.77. The molecule has 88 valence electrons. The number of Topliss-reactive ketones (excluding diaryl/α,β-unsaturated/α-hetero) is 1. The standard InChI is InChI=1S/C11H12F3NO/c1-8-2-4-9(5-3-8)10(16)6-15-7-11(12,13)14/h2-5,15H,6-7H2,1H3. The van der Waals surface area contributed by atoms with E-state index in [1.165, 1.54) is 0 Å². The number of carbonyl (C=O) groups excluding carboxylic acids is 1. The van der Waals surface area contributed by atoms with Crippen molar-refractivity contribution >= 4 is 5.78 Å². The van der Waals surface area contributed by atoms with Crippen LogP contribution in [0, 0.1) is 6.92 Å². The Hall–Kier alpha value is -1.36. The fourth-order valence-electron chi connectivity index (χ4n) is 1.16. The molecule has 1 N–H and O–H groups in total. The van der Waals surface area contributed by atoms with E-state index < -0.39 is 12.7 Å². The first-order chi connectivity index (χ1) is 7.38. The highest BCUT2D eigenvalue weighted by atomic mass is 19.4. The number of rotatable bonds is 4. The Balaban J connectivity index is 2.44. The second-order valence-corrected chi connectivity index (χ2v) is 3.51. The molecule has 2 nitrogen and oxygen atoms in total. The van der Waals surface area contributed by atoms with Gasteiger partial charge in [0.2, 0.25) is 0 Å². The molecule has 0 saturated carbocycles. The minimum Gasteiger partial charge on any atom is -0.302 e. The largest absolute Gasteiger partial charge is 0.401 e. The number of halogens is 3. The van der Waals surface area contributed by atoms with E-state index in [0.29, 0.717) is 5.56 Å². The van der Waals surface area contributed by atoms with Crippen LogP contribution in [0.2, 0.25) is 0 Å². The Morgan fingerprint density at radius 1 is 1.25 bits per heavy atom. The Morgan fingerprint density at radius 2 is 1.81 bits per heavy atom. The minimum atomic E-state index is -4.28. The smallest absolute Gasteiger partial charge is 0.302 e. The van der Waals surface area contributed by atoms with Gasteiger partial charge in [0.25, 0.3) is 0 Å². The third kappa shape index (κ3) is 4.44. The number of benzene rings is 1. The van der Waals surface area contributed by atoms with Gasteiger partial charge in [0.15, 0.2) is 5.78 Å². The molecule has 0 radical (unpaired) electrons. The number of carbonyl (C=O) groups is 1. The Bertz CT molecular complexity index is 356. The first kappa shape index (κ1) is 12.7. The lowest BCUT2D eigenvalue weighted by molar-refractivity contribution is -0.124. The summed E-state index contributed by atoms with van der Waals surface area (Å²) in [5.74, 6) is -0.343. The maximum absolute atomic E-state index is 11.8. The molecule has 0 aromatic heterocycles. The fourth-order valence-corrected chi connectivity index (χ4v) is 1.16. The molecule has 1 aromatic carbocycles. The van der Waals surface area contributed by atoms with Crippen LogP contribution in [0.3, 0.4) is 0 Å². The first-order valence-corrected chi connectivity index (χ1v) is 4.76. The van der Waals surface area contributed by atoms with Gasteiger partial charge in [-0.15, -0.1) is 0 Å². The molecule has 0 atom stereocenters. The molecule has 0 heterocycles. The van der Waals surface area contributed by atoms with Crippen molar-refractivity contribution in [3.63, 3.8) is 0 Å². The van der Waals surface area contributed by atoms with Gasteiger partial charge in [-0.05, 0) is 6.92 Å². The summed E-state index contributed by atoms with van der Waals surface area (Å²) in [5, 5.41) is 2.06. The average Bonchev–Trinajstić information content (AvgIpc) is 2.16. The summed E-state index contributed by atoms with van der Waals surface area (Å²) in [4.78, 5) is 11.4. The van der Waals surface area contributed by atoms with Crippen molar-refractivity contribution in [2.75, 3.05) is 13.1 Å². The molecule has 0 bridgehead atoms. The van der Waals surface area contributed by atoms with Crippen LogP contribution in [0.15, 0.2) is 24.3 Å². The maximum Gasteiger partial charge on any atom is 0.401 e. The lowest BCUT2D eigenvalue weighted by Gasteiger charge is -2.07. The van der Waals surface area contributed by atoms with Crippen LogP contribution >= 0.6 is 0 Å². The van der Waals surface area contributed by atoms with E-state index in [2.05, 4.69) is 5.32 Å². The lowest BCUT2D eigenvalue weighted by atomic mass is 10.1. The SMILES string of the molecule is Cc1ccc(C(=O)CNCC(F)(F)F)cc1. The molecule has 0 amide bonds. The number of alkyl halides is 3. The fraction of sp³-hybridized carbons (Fsp3) is 0.364. The summed E-state index contributed by atoms with van der Waals surface area (Å²) in [6.07, 6.45) is -4.28. The van der Waals surface area contributed by atoms with Crippen LogP contribution in [0.5, 0.6) is 0 Å². The van der Waals surface area contributed by atoms with Crippen molar-refractivity contribution in [1.29, 1.82) is 0 Å². The van der Waals surface area contributed by atoms with Crippen molar-refractivity contribution in [3.8, 4) is 0 Å². The second-order valence-electron chi connectivity index (χ2n) is 3.51. The zero-order chi connectivity index (χ0) is 12.2. The normalized spacial score (nSPS) is 11.5. The van der Waals surface area contributed by atoms with Crippen molar-refractivity contribution in [2.45, 2.75) is 13.1 Å². The highest BCUT2D eigenvalue weighted by Gasteiger charge is 2.26. The predicted octanol–water partition coefficient (Wildman–Crippen LogP) is 2.33. The van der Waals surface area contributed by atoms with Gasteiger partial charge in [0, 0.05) is 5.56 Å². The Kier molecular flexibility index (Phi) is 4.06. The number of aryl methyl sites for hydroxylation is 1. The third-order valence-electron chi connectivity index (χ3n) is 1.98. The topological polar surface area (TPSA) is 29.1 Å². The highest BCUT2D eigenvalue weighted by molar-refractivity contribution is 5.97. The molecular formula is C11H12F3NO. The van der Waals surface area contributed by atoms with Gasteiger partial charge in [-0.25, -0.2) is 0 Å². The van der Waals surface area contributed by atoms with E-state index in [-0.39, 0.29) is 12.3 Å². The van der Waals surface area contributed by atoms with Gasteiger partial charge in [-0.3, -0.25) is 4.79 Å². The monoisotopic (exact) mass is 231 g/mol. The molecule has 16 heavy (non-hydrogen) atoms. The molecule has 0 aliphatic heterocycles. The molecular weight excluding hydrogens is 219 g/mol. The molecule has 1 aromatic rings. The van der Waals surface area contributed by atoms with Crippen LogP contribution < -0.4 is 5.32 Å². The van der Waals surface area contributed by atoms with Crippen LogP contribution in [0.25, 0.3) is 0 Å². The van der Waals surface area contributed by atoms with Gasteiger partial charge in [0.05, 0.1) is 13.1 Å². The van der Waals surface area contributed by atoms with Crippen LogP contribution in [-0.4, -0.2) is 25.0 Å². The predicted molar refractivity (Wildman–Crippen MR) is 54.4 cm³/mol. The van der Waals surface area contributed by atoms with Gasteiger partial charge < -0.3 is 5.32 Å². The Labute approximate surface area is 91.5 Å². The molecule has 5 heteroatoms. The summed E-state index contributed by atoms with van der Waals surface area (Å²) in [6, 6.07) is 6.70. The molecule has 1 rings (SSSR count). The van der Waals surface area contributed by atoms with Crippen molar-refractivity contribution in [3.05, 3.63) is 35.4 Å².